The molecule has 2 N–H and O–H groups in total. The molecule has 0 aliphatic rings. The Labute approximate surface area is 152 Å². The van der Waals surface area contributed by atoms with Crippen molar-refractivity contribution in [1.29, 1.82) is 0 Å². The van der Waals surface area contributed by atoms with Crippen LogP contribution in [0.4, 0.5) is 5.88 Å². The van der Waals surface area contributed by atoms with Crippen molar-refractivity contribution in [2.75, 3.05) is 19.5 Å². The van der Waals surface area contributed by atoms with E-state index in [2.05, 4.69) is 10.5 Å². The maximum atomic E-state index is 12.6. The van der Waals surface area contributed by atoms with Crippen molar-refractivity contribution < 1.29 is 28.7 Å². The molecule has 3 rings (SSSR count). The monoisotopic (exact) mass is 374 g/mol. The Morgan fingerprint density at radius 1 is 1.23 bits per heavy atom. The van der Waals surface area contributed by atoms with Gasteiger partial charge in [-0.15, -0.1) is 11.3 Å². The van der Waals surface area contributed by atoms with Crippen molar-refractivity contribution in [1.82, 2.24) is 5.16 Å². The summed E-state index contributed by atoms with van der Waals surface area (Å²) < 4.78 is 15.3. The van der Waals surface area contributed by atoms with E-state index in [-0.39, 0.29) is 28.5 Å². The lowest BCUT2D eigenvalue weighted by molar-refractivity contribution is 0.0698. The molecule has 1 aromatic carbocycles. The number of methoxy groups -OCH3 is 2. The fraction of sp³-hybridized carbons (Fsp3) is 0.118. The third kappa shape index (κ3) is 3.24. The Kier molecular flexibility index (Phi) is 4.90. The molecule has 8 nitrogen and oxygen atoms in total. The van der Waals surface area contributed by atoms with Crippen LogP contribution >= 0.6 is 11.3 Å². The highest BCUT2D eigenvalue weighted by atomic mass is 32.1. The molecule has 0 saturated heterocycles. The van der Waals surface area contributed by atoms with E-state index in [0.717, 1.165) is 0 Å². The second-order valence-corrected chi connectivity index (χ2v) is 5.99. The Morgan fingerprint density at radius 2 is 2.04 bits per heavy atom. The first-order valence-corrected chi connectivity index (χ1v) is 8.23. The summed E-state index contributed by atoms with van der Waals surface area (Å²) in [6.45, 7) is 0. The second-order valence-electron chi connectivity index (χ2n) is 5.04. The fourth-order valence-electron chi connectivity index (χ4n) is 2.31. The number of carbonyl (C=O) groups excluding carboxylic acids is 1. The van der Waals surface area contributed by atoms with Gasteiger partial charge < -0.3 is 19.1 Å². The van der Waals surface area contributed by atoms with Gasteiger partial charge in [0, 0.05) is 6.07 Å². The molecule has 26 heavy (non-hydrogen) atoms. The van der Waals surface area contributed by atoms with Crippen LogP contribution in [0.25, 0.3) is 10.6 Å². The molecule has 0 spiro atoms. The van der Waals surface area contributed by atoms with Gasteiger partial charge in [-0.1, -0.05) is 11.2 Å². The Balaban J connectivity index is 1.94. The number of carboxylic acid groups (broad SMARTS) is 1. The molecule has 1 amide bonds. The summed E-state index contributed by atoms with van der Waals surface area (Å²) in [4.78, 5) is 24.8. The predicted octanol–water partition coefficient (Wildman–Crippen LogP) is 3.37. The third-order valence-electron chi connectivity index (χ3n) is 3.54. The van der Waals surface area contributed by atoms with Crippen molar-refractivity contribution in [3.63, 3.8) is 0 Å². The van der Waals surface area contributed by atoms with Crippen molar-refractivity contribution in [2.24, 2.45) is 0 Å². The average Bonchev–Trinajstić information content (AvgIpc) is 3.30. The first kappa shape index (κ1) is 17.5. The fourth-order valence-corrected chi connectivity index (χ4v) is 3.02. The molecule has 9 heteroatoms. The number of nitrogens with zero attached hydrogens (tertiary/aromatic N) is 1. The lowest BCUT2D eigenvalue weighted by Crippen LogP contribution is -2.15. The molecule has 2 aromatic heterocycles. The molecule has 0 atom stereocenters. The van der Waals surface area contributed by atoms with E-state index >= 15 is 0 Å². The van der Waals surface area contributed by atoms with Crippen molar-refractivity contribution >= 4 is 29.1 Å². The van der Waals surface area contributed by atoms with Gasteiger partial charge in [-0.2, -0.15) is 0 Å². The van der Waals surface area contributed by atoms with E-state index in [4.69, 9.17) is 14.0 Å². The minimum Gasteiger partial charge on any atom is -0.497 e. The lowest BCUT2D eigenvalue weighted by Gasteiger charge is -2.09. The maximum Gasteiger partial charge on any atom is 0.343 e. The molecule has 0 unspecified atom stereocenters. The number of hydrogen-bond acceptors (Lipinski definition) is 7. The summed E-state index contributed by atoms with van der Waals surface area (Å²) in [5.74, 6) is -1.31. The standard InChI is InChI=1S/C17H14N2O6S/c1-23-9-5-6-10(11(8-9)24-2)15(20)18-16-13(17(21)22)14(19-25-16)12-4-3-7-26-12/h3-8H,1-2H3,(H,18,20)(H,21,22). The molecule has 134 valence electrons. The summed E-state index contributed by atoms with van der Waals surface area (Å²) >= 11 is 1.31. The second kappa shape index (κ2) is 7.28. The molecule has 0 aliphatic carbocycles. The van der Waals surface area contributed by atoms with E-state index in [9.17, 15) is 14.7 Å². The highest BCUT2D eigenvalue weighted by Crippen LogP contribution is 2.32. The number of aromatic nitrogens is 1. The van der Waals surface area contributed by atoms with E-state index < -0.39 is 11.9 Å². The summed E-state index contributed by atoms with van der Waals surface area (Å²) in [5.41, 5.74) is 0.136. The van der Waals surface area contributed by atoms with Crippen LogP contribution in [0.1, 0.15) is 20.7 Å². The van der Waals surface area contributed by atoms with E-state index in [1.165, 1.54) is 31.6 Å². The highest BCUT2D eigenvalue weighted by molar-refractivity contribution is 7.13. The first-order chi connectivity index (χ1) is 12.5. The van der Waals surface area contributed by atoms with E-state index in [1.807, 2.05) is 0 Å². The average molecular weight is 374 g/mol. The number of carboxylic acids is 1. The van der Waals surface area contributed by atoms with Gasteiger partial charge >= 0.3 is 5.97 Å². The largest absolute Gasteiger partial charge is 0.497 e. The van der Waals surface area contributed by atoms with Crippen molar-refractivity contribution in [2.45, 2.75) is 0 Å². The summed E-state index contributed by atoms with van der Waals surface area (Å²) in [7, 11) is 2.91. The lowest BCUT2D eigenvalue weighted by atomic mass is 10.1. The SMILES string of the molecule is COc1ccc(C(=O)Nc2onc(-c3cccs3)c2C(=O)O)c(OC)c1. The molecule has 0 aliphatic heterocycles. The number of hydrogen-bond donors (Lipinski definition) is 2. The zero-order valence-corrected chi connectivity index (χ0v) is 14.6. The van der Waals surface area contributed by atoms with Crippen molar-refractivity contribution in [3.8, 4) is 22.1 Å². The van der Waals surface area contributed by atoms with Crippen LogP contribution in [0.3, 0.4) is 0 Å². The van der Waals surface area contributed by atoms with Gasteiger partial charge in [-0.05, 0) is 23.6 Å². The summed E-state index contributed by atoms with van der Waals surface area (Å²) in [5, 5.41) is 17.5. The number of rotatable bonds is 6. The quantitative estimate of drug-likeness (QED) is 0.680. The van der Waals surface area contributed by atoms with Gasteiger partial charge in [0.25, 0.3) is 5.91 Å². The van der Waals surface area contributed by atoms with Gasteiger partial charge in [-0.3, -0.25) is 10.1 Å². The van der Waals surface area contributed by atoms with Gasteiger partial charge in [0.15, 0.2) is 5.56 Å². The number of thiophene rings is 1. The van der Waals surface area contributed by atoms with Crippen LogP contribution in [0, 0.1) is 0 Å². The van der Waals surface area contributed by atoms with Crippen LogP contribution < -0.4 is 14.8 Å². The molecule has 0 fully saturated rings. The molecule has 0 saturated carbocycles. The minimum atomic E-state index is -1.26. The smallest absolute Gasteiger partial charge is 0.343 e. The molecular weight excluding hydrogens is 360 g/mol. The first-order valence-electron chi connectivity index (χ1n) is 7.35. The van der Waals surface area contributed by atoms with E-state index in [1.54, 1.807) is 29.6 Å². The van der Waals surface area contributed by atoms with Crippen LogP contribution in [-0.2, 0) is 0 Å². The van der Waals surface area contributed by atoms with Gasteiger partial charge in [0.05, 0.1) is 24.7 Å². The zero-order chi connectivity index (χ0) is 18.7. The summed E-state index contributed by atoms with van der Waals surface area (Å²) in [6.07, 6.45) is 0. The number of anilines is 1. The normalized spacial score (nSPS) is 10.4. The van der Waals surface area contributed by atoms with Gasteiger partial charge in [0.1, 0.15) is 17.2 Å². The summed E-state index contributed by atoms with van der Waals surface area (Å²) in [6, 6.07) is 8.12. The molecule has 0 bridgehead atoms. The van der Waals surface area contributed by atoms with Gasteiger partial charge in [-0.25, -0.2) is 4.79 Å². The Hall–Kier alpha value is -3.33. The number of amides is 1. The van der Waals surface area contributed by atoms with Crippen molar-refractivity contribution in [3.05, 3.63) is 46.8 Å². The van der Waals surface area contributed by atoms with Crippen LogP contribution in [0.5, 0.6) is 11.5 Å². The van der Waals surface area contributed by atoms with Crippen LogP contribution in [0.2, 0.25) is 0 Å². The number of nitrogens with one attached hydrogen (secondary N) is 1. The number of ether oxygens (including phenoxy) is 2. The molecule has 3 aromatic rings. The predicted molar refractivity (Wildman–Crippen MR) is 94.3 cm³/mol. The molecular formula is C17H14N2O6S. The number of benzene rings is 1. The van der Waals surface area contributed by atoms with Crippen LogP contribution in [-0.4, -0.2) is 36.4 Å². The Bertz CT molecular complexity index is 948. The zero-order valence-electron chi connectivity index (χ0n) is 13.8. The number of carbonyl (C=O) groups is 2. The highest BCUT2D eigenvalue weighted by Gasteiger charge is 2.26. The van der Waals surface area contributed by atoms with Gasteiger partial charge in [0.2, 0.25) is 5.88 Å². The minimum absolute atomic E-state index is 0.157. The third-order valence-corrected chi connectivity index (χ3v) is 4.42. The maximum absolute atomic E-state index is 12.6. The molecule has 2 heterocycles. The molecule has 0 radical (unpaired) electrons. The number of aromatic carboxylic acids is 1. The van der Waals surface area contributed by atoms with E-state index in [0.29, 0.717) is 10.6 Å². The Morgan fingerprint density at radius 3 is 2.65 bits per heavy atom. The topological polar surface area (TPSA) is 111 Å². The van der Waals surface area contributed by atoms with Crippen LogP contribution in [0.15, 0.2) is 40.2 Å².